The second-order valence-corrected chi connectivity index (χ2v) is 5.09. The van der Waals surface area contributed by atoms with Crippen molar-refractivity contribution in [3.63, 3.8) is 0 Å². The van der Waals surface area contributed by atoms with Crippen molar-refractivity contribution in [2.45, 2.75) is 25.8 Å². The minimum absolute atomic E-state index is 0.000465. The highest BCUT2D eigenvalue weighted by molar-refractivity contribution is 6.40. The number of amides is 1. The summed E-state index contributed by atoms with van der Waals surface area (Å²) >= 11 is 11.9. The first-order chi connectivity index (χ1) is 9.26. The van der Waals surface area contributed by atoms with Crippen molar-refractivity contribution in [3.8, 4) is 0 Å². The van der Waals surface area contributed by atoms with E-state index in [0.717, 1.165) is 6.92 Å². The fraction of sp³-hybridized carbons (Fsp3) is 0.417. The minimum atomic E-state index is -2.86. The number of hydrogen-bond acceptors (Lipinski definition) is 3. The summed E-state index contributed by atoms with van der Waals surface area (Å²) in [5.41, 5.74) is 2.38. The van der Waals surface area contributed by atoms with Gasteiger partial charge in [-0.25, -0.2) is 14.3 Å². The molecular weight excluding hydrogens is 313 g/mol. The van der Waals surface area contributed by atoms with Gasteiger partial charge in [0.2, 0.25) is 5.92 Å². The summed E-state index contributed by atoms with van der Waals surface area (Å²) in [7, 11) is 0. The first-order valence-electron chi connectivity index (χ1n) is 5.76. The van der Waals surface area contributed by atoms with E-state index in [0.29, 0.717) is 5.56 Å². The van der Waals surface area contributed by atoms with E-state index >= 15 is 0 Å². The molecule has 8 heteroatoms. The minimum Gasteiger partial charge on any atom is -0.352 e. The van der Waals surface area contributed by atoms with Gasteiger partial charge in [0, 0.05) is 19.5 Å². The third-order valence-electron chi connectivity index (χ3n) is 2.52. The van der Waals surface area contributed by atoms with Crippen LogP contribution in [0.25, 0.3) is 0 Å². The number of rotatable bonds is 6. The molecule has 0 aliphatic rings. The van der Waals surface area contributed by atoms with E-state index in [4.69, 9.17) is 28.4 Å². The van der Waals surface area contributed by atoms with E-state index in [2.05, 4.69) is 5.32 Å². The average molecular weight is 327 g/mol. The van der Waals surface area contributed by atoms with E-state index < -0.39 is 18.3 Å². The Bertz CT molecular complexity index is 493. The smallest absolute Gasteiger partial charge is 0.254 e. The van der Waals surface area contributed by atoms with E-state index in [9.17, 15) is 13.6 Å². The number of halogens is 4. The van der Waals surface area contributed by atoms with Crippen molar-refractivity contribution < 1.29 is 18.8 Å². The third-order valence-corrected chi connectivity index (χ3v) is 3.26. The van der Waals surface area contributed by atoms with Crippen molar-refractivity contribution in [2.24, 2.45) is 0 Å². The van der Waals surface area contributed by atoms with Crippen molar-refractivity contribution in [3.05, 3.63) is 33.3 Å². The molecule has 3 N–H and O–H groups in total. The first kappa shape index (κ1) is 17.1. The van der Waals surface area contributed by atoms with Crippen LogP contribution in [0.4, 0.5) is 8.78 Å². The summed E-state index contributed by atoms with van der Waals surface area (Å²) in [5.74, 6) is -3.49. The lowest BCUT2D eigenvalue weighted by atomic mass is 10.1. The van der Waals surface area contributed by atoms with Gasteiger partial charge < -0.3 is 10.5 Å². The fourth-order valence-electron chi connectivity index (χ4n) is 1.51. The molecular formula is C12H14Cl2F2N2O2. The van der Waals surface area contributed by atoms with Crippen LogP contribution in [0.2, 0.25) is 10.0 Å². The summed E-state index contributed by atoms with van der Waals surface area (Å²) < 4.78 is 25.3. The lowest BCUT2D eigenvalue weighted by Gasteiger charge is -2.13. The summed E-state index contributed by atoms with van der Waals surface area (Å²) in [5, 5.41) is 11.2. The van der Waals surface area contributed by atoms with Crippen molar-refractivity contribution in [2.75, 3.05) is 6.54 Å². The number of benzene rings is 1. The molecule has 0 heterocycles. The van der Waals surface area contributed by atoms with Crippen LogP contribution >= 0.6 is 23.2 Å². The first-order valence-corrected chi connectivity index (χ1v) is 6.51. The Kier molecular flexibility index (Phi) is 6.13. The predicted octanol–water partition coefficient (Wildman–Crippen LogP) is 3.25. The summed E-state index contributed by atoms with van der Waals surface area (Å²) in [6, 6.07) is 2.99. The van der Waals surface area contributed by atoms with Crippen LogP contribution in [0, 0.1) is 0 Å². The van der Waals surface area contributed by atoms with Gasteiger partial charge in [0.25, 0.3) is 5.91 Å². The molecule has 0 aliphatic heterocycles. The highest BCUT2D eigenvalue weighted by Gasteiger charge is 2.22. The van der Waals surface area contributed by atoms with Gasteiger partial charge >= 0.3 is 0 Å². The highest BCUT2D eigenvalue weighted by Crippen LogP contribution is 2.28. The van der Waals surface area contributed by atoms with E-state index in [1.165, 1.54) is 6.07 Å². The van der Waals surface area contributed by atoms with Gasteiger partial charge in [0.1, 0.15) is 0 Å². The Morgan fingerprint density at radius 2 is 2.05 bits per heavy atom. The predicted molar refractivity (Wildman–Crippen MR) is 72.7 cm³/mol. The molecule has 0 spiro atoms. The van der Waals surface area contributed by atoms with E-state index in [-0.39, 0.29) is 28.7 Å². The molecule has 0 saturated heterocycles. The molecule has 0 aliphatic carbocycles. The molecule has 0 atom stereocenters. The molecule has 0 unspecified atom stereocenters. The summed E-state index contributed by atoms with van der Waals surface area (Å²) in [4.78, 5) is 11.9. The molecule has 1 rings (SSSR count). The molecule has 0 fully saturated rings. The molecule has 1 aromatic rings. The number of alkyl halides is 2. The second-order valence-electron chi connectivity index (χ2n) is 4.31. The second kappa shape index (κ2) is 7.17. The van der Waals surface area contributed by atoms with E-state index in [1.807, 2.05) is 5.48 Å². The zero-order chi connectivity index (χ0) is 15.3. The molecule has 0 aromatic heterocycles. The Morgan fingerprint density at radius 3 is 2.60 bits per heavy atom. The van der Waals surface area contributed by atoms with Gasteiger partial charge in [-0.05, 0) is 18.6 Å². The number of hydroxylamine groups is 1. The zero-order valence-corrected chi connectivity index (χ0v) is 12.2. The van der Waals surface area contributed by atoms with Crippen LogP contribution in [0.1, 0.15) is 29.3 Å². The van der Waals surface area contributed by atoms with Gasteiger partial charge in [-0.1, -0.05) is 29.3 Å². The number of carbonyl (C=O) groups excluding carboxylic acids is 1. The fourth-order valence-corrected chi connectivity index (χ4v) is 2.12. The van der Waals surface area contributed by atoms with Gasteiger partial charge in [0.05, 0.1) is 15.6 Å². The van der Waals surface area contributed by atoms with E-state index in [1.54, 1.807) is 6.07 Å². The Morgan fingerprint density at radius 1 is 1.40 bits per heavy atom. The normalized spacial score (nSPS) is 11.5. The maximum Gasteiger partial charge on any atom is 0.254 e. The molecule has 1 amide bonds. The zero-order valence-electron chi connectivity index (χ0n) is 10.6. The molecule has 1 aromatic carbocycles. The van der Waals surface area contributed by atoms with Gasteiger partial charge in [-0.3, -0.25) is 4.79 Å². The number of hydrogen-bond donors (Lipinski definition) is 3. The number of nitrogens with one attached hydrogen (secondary N) is 2. The van der Waals surface area contributed by atoms with Crippen LogP contribution in [-0.2, 0) is 6.54 Å². The van der Waals surface area contributed by atoms with Crippen LogP contribution in [0.15, 0.2) is 12.1 Å². The van der Waals surface area contributed by atoms with Gasteiger partial charge in [-0.15, -0.1) is 0 Å². The van der Waals surface area contributed by atoms with Crippen LogP contribution in [-0.4, -0.2) is 23.6 Å². The lowest BCUT2D eigenvalue weighted by Crippen LogP contribution is -2.29. The summed E-state index contributed by atoms with van der Waals surface area (Å²) in [6.07, 6.45) is -0.480. The Labute approximate surface area is 125 Å². The largest absolute Gasteiger partial charge is 0.352 e. The standard InChI is InChI=1S/C12H14Cl2F2N2O2/c1-12(15,16)4-5-17-11(19)9-8(13)3-2-7(6-18-20)10(9)14/h2-3,18,20H,4-6H2,1H3,(H,17,19). The van der Waals surface area contributed by atoms with Crippen LogP contribution in [0.3, 0.4) is 0 Å². The van der Waals surface area contributed by atoms with Crippen molar-refractivity contribution in [1.29, 1.82) is 0 Å². The maximum absolute atomic E-state index is 12.7. The van der Waals surface area contributed by atoms with Crippen LogP contribution in [0.5, 0.6) is 0 Å². The topological polar surface area (TPSA) is 61.4 Å². The quantitative estimate of drug-likeness (QED) is 0.703. The van der Waals surface area contributed by atoms with Crippen molar-refractivity contribution >= 4 is 29.1 Å². The van der Waals surface area contributed by atoms with Crippen molar-refractivity contribution in [1.82, 2.24) is 10.8 Å². The third kappa shape index (κ3) is 4.86. The SMILES string of the molecule is CC(F)(F)CCNC(=O)c1c(Cl)ccc(CNO)c1Cl. The van der Waals surface area contributed by atoms with Crippen LogP contribution < -0.4 is 10.8 Å². The molecule has 4 nitrogen and oxygen atoms in total. The molecule has 112 valence electrons. The number of carbonyl (C=O) groups is 1. The Balaban J connectivity index is 2.84. The molecule has 0 saturated carbocycles. The molecule has 0 radical (unpaired) electrons. The van der Waals surface area contributed by atoms with Gasteiger partial charge in [0.15, 0.2) is 0 Å². The Hall–Kier alpha value is -0.950. The highest BCUT2D eigenvalue weighted by atomic mass is 35.5. The monoisotopic (exact) mass is 326 g/mol. The lowest BCUT2D eigenvalue weighted by molar-refractivity contribution is 0.0137. The van der Waals surface area contributed by atoms with Gasteiger partial charge in [-0.2, -0.15) is 0 Å². The average Bonchev–Trinajstić information content (AvgIpc) is 2.31. The summed E-state index contributed by atoms with van der Waals surface area (Å²) in [6.45, 7) is 0.605. The molecule has 0 bridgehead atoms. The maximum atomic E-state index is 12.7. The molecule has 20 heavy (non-hydrogen) atoms.